The zero-order chi connectivity index (χ0) is 22.9. The molecule has 2 aliphatic rings. The van der Waals surface area contributed by atoms with E-state index in [1.807, 2.05) is 24.0 Å². The Morgan fingerprint density at radius 3 is 2.67 bits per heavy atom. The molecule has 2 fully saturated rings. The summed E-state index contributed by atoms with van der Waals surface area (Å²) < 4.78 is 0. The van der Waals surface area contributed by atoms with E-state index in [9.17, 15) is 14.7 Å². The number of imidazole rings is 1. The van der Waals surface area contributed by atoms with Gasteiger partial charge in [0, 0.05) is 31.9 Å². The first-order valence-corrected chi connectivity index (χ1v) is 11.7. The Morgan fingerprint density at radius 2 is 1.91 bits per heavy atom. The number of carbonyl (C=O) groups excluding carboxylic acids is 1. The van der Waals surface area contributed by atoms with E-state index < -0.39 is 5.97 Å². The minimum atomic E-state index is -0.993. The maximum atomic E-state index is 12.9. The van der Waals surface area contributed by atoms with E-state index in [1.54, 1.807) is 6.07 Å². The van der Waals surface area contributed by atoms with Crippen molar-refractivity contribution in [1.82, 2.24) is 24.8 Å². The van der Waals surface area contributed by atoms with Crippen LogP contribution in [-0.4, -0.2) is 68.0 Å². The number of nitrogens with one attached hydrogen (secondary N) is 1. The molecule has 2 N–H and O–H groups in total. The molecule has 0 aliphatic carbocycles. The highest BCUT2D eigenvalue weighted by Crippen LogP contribution is 2.27. The summed E-state index contributed by atoms with van der Waals surface area (Å²) >= 11 is 0. The summed E-state index contributed by atoms with van der Waals surface area (Å²) in [5, 5.41) is 9.42. The van der Waals surface area contributed by atoms with E-state index >= 15 is 0 Å². The van der Waals surface area contributed by atoms with Crippen LogP contribution >= 0.6 is 0 Å². The van der Waals surface area contributed by atoms with Crippen LogP contribution in [0.2, 0.25) is 0 Å². The van der Waals surface area contributed by atoms with Crippen LogP contribution in [0.15, 0.2) is 24.3 Å². The minimum absolute atomic E-state index is 0.0134. The number of aromatic amines is 1. The van der Waals surface area contributed by atoms with Gasteiger partial charge in [0.05, 0.1) is 17.0 Å². The summed E-state index contributed by atoms with van der Waals surface area (Å²) in [5.41, 5.74) is 2.68. The fraction of sp³-hybridized carbons (Fsp3) is 0.458. The van der Waals surface area contributed by atoms with Gasteiger partial charge in [-0.05, 0) is 56.4 Å². The smallest absolute Gasteiger partial charge is 0.335 e. The third-order valence-corrected chi connectivity index (χ3v) is 6.57. The highest BCUT2D eigenvalue weighted by molar-refractivity contribution is 5.89. The quantitative estimate of drug-likeness (QED) is 0.616. The lowest BCUT2D eigenvalue weighted by Crippen LogP contribution is -2.44. The number of piperidine rings is 1. The normalized spacial score (nSPS) is 18.8. The lowest BCUT2D eigenvalue weighted by Gasteiger charge is -2.34. The van der Waals surface area contributed by atoms with Gasteiger partial charge >= 0.3 is 5.97 Å². The maximum Gasteiger partial charge on any atom is 0.335 e. The van der Waals surface area contributed by atoms with Crippen molar-refractivity contribution in [2.75, 3.05) is 31.1 Å². The molecule has 3 aromatic heterocycles. The van der Waals surface area contributed by atoms with Crippen molar-refractivity contribution in [3.63, 3.8) is 0 Å². The van der Waals surface area contributed by atoms with Crippen molar-refractivity contribution in [2.45, 2.75) is 39.0 Å². The van der Waals surface area contributed by atoms with Crippen LogP contribution in [0.4, 0.5) is 5.82 Å². The second kappa shape index (κ2) is 8.80. The van der Waals surface area contributed by atoms with Crippen LogP contribution < -0.4 is 4.90 Å². The first-order valence-electron chi connectivity index (χ1n) is 11.7. The monoisotopic (exact) mass is 448 g/mol. The Hall–Kier alpha value is -3.49. The average Bonchev–Trinajstić information content (AvgIpc) is 3.53. The number of aromatic nitrogens is 4. The molecule has 2 aliphatic heterocycles. The standard InChI is InChI=1S/C24H28N6O3/c1-2-17-12-16(24(32)33)13-19(25-17)22-26-18-7-8-20(27-21(18)28-22)30-11-5-6-15(14-30)23(31)29-9-3-4-10-29/h7-8,12-13,15H,2-6,9-11,14H2,1H3,(H,32,33)(H,26,27,28). The molecule has 0 spiro atoms. The van der Waals surface area contributed by atoms with Gasteiger partial charge in [0.1, 0.15) is 11.5 Å². The molecule has 3 aromatic rings. The molecule has 5 heterocycles. The Morgan fingerprint density at radius 1 is 1.09 bits per heavy atom. The number of amides is 1. The number of carboxylic acids is 1. The van der Waals surface area contributed by atoms with Gasteiger partial charge in [-0.2, -0.15) is 0 Å². The van der Waals surface area contributed by atoms with E-state index in [2.05, 4.69) is 19.9 Å². The Bertz CT molecular complexity index is 1200. The number of carboxylic acid groups (broad SMARTS) is 1. The zero-order valence-electron chi connectivity index (χ0n) is 18.8. The zero-order valence-corrected chi connectivity index (χ0v) is 18.8. The van der Waals surface area contributed by atoms with Crippen LogP contribution in [0.25, 0.3) is 22.7 Å². The highest BCUT2D eigenvalue weighted by atomic mass is 16.4. The number of likely N-dealkylation sites (tertiary alicyclic amines) is 1. The Kier molecular flexibility index (Phi) is 5.70. The number of hydrogen-bond acceptors (Lipinski definition) is 6. The van der Waals surface area contributed by atoms with Crippen molar-refractivity contribution < 1.29 is 14.7 Å². The molecule has 33 heavy (non-hydrogen) atoms. The van der Waals surface area contributed by atoms with Gasteiger partial charge in [-0.25, -0.2) is 19.7 Å². The average molecular weight is 449 g/mol. The minimum Gasteiger partial charge on any atom is -0.478 e. The first kappa shape index (κ1) is 21.4. The maximum absolute atomic E-state index is 12.9. The third-order valence-electron chi connectivity index (χ3n) is 6.57. The molecular formula is C24H28N6O3. The van der Waals surface area contributed by atoms with Gasteiger partial charge in [0.15, 0.2) is 11.5 Å². The summed E-state index contributed by atoms with van der Waals surface area (Å²) in [4.78, 5) is 45.7. The van der Waals surface area contributed by atoms with Crippen LogP contribution in [-0.2, 0) is 11.2 Å². The second-order valence-corrected chi connectivity index (χ2v) is 8.83. The topological polar surface area (TPSA) is 115 Å². The number of aromatic carboxylic acids is 1. The van der Waals surface area contributed by atoms with E-state index in [1.165, 1.54) is 6.07 Å². The van der Waals surface area contributed by atoms with Crippen molar-refractivity contribution in [3.8, 4) is 11.5 Å². The SMILES string of the molecule is CCc1cc(C(=O)O)cc(-c2nc3nc(N4CCCC(C(=O)N5CCCC5)C4)ccc3[nH]2)n1. The van der Waals surface area contributed by atoms with E-state index in [0.29, 0.717) is 35.8 Å². The number of anilines is 1. The number of fused-ring (bicyclic) bond motifs is 1. The van der Waals surface area contributed by atoms with Crippen molar-refractivity contribution in [2.24, 2.45) is 5.92 Å². The fourth-order valence-electron chi connectivity index (χ4n) is 4.78. The largest absolute Gasteiger partial charge is 0.478 e. The molecule has 9 nitrogen and oxygen atoms in total. The van der Waals surface area contributed by atoms with Gasteiger partial charge in [-0.3, -0.25) is 4.79 Å². The number of carbonyl (C=O) groups is 2. The highest BCUT2D eigenvalue weighted by Gasteiger charge is 2.31. The molecule has 0 bridgehead atoms. The molecule has 2 saturated heterocycles. The van der Waals surface area contributed by atoms with Gasteiger partial charge in [0.2, 0.25) is 5.91 Å². The van der Waals surface area contributed by atoms with E-state index in [4.69, 9.17) is 4.98 Å². The van der Waals surface area contributed by atoms with Crippen LogP contribution in [0.1, 0.15) is 48.7 Å². The first-order chi connectivity index (χ1) is 16.0. The Labute approximate surface area is 191 Å². The summed E-state index contributed by atoms with van der Waals surface area (Å²) in [6.45, 7) is 5.23. The number of rotatable bonds is 5. The molecule has 0 aromatic carbocycles. The molecule has 0 radical (unpaired) electrons. The Balaban J connectivity index is 1.40. The summed E-state index contributed by atoms with van der Waals surface area (Å²) in [7, 11) is 0. The van der Waals surface area contributed by atoms with Gasteiger partial charge in [0.25, 0.3) is 0 Å². The van der Waals surface area contributed by atoms with Crippen LogP contribution in [0, 0.1) is 5.92 Å². The molecule has 1 amide bonds. The number of pyridine rings is 2. The van der Waals surface area contributed by atoms with Crippen molar-refractivity contribution >= 4 is 28.9 Å². The fourth-order valence-corrected chi connectivity index (χ4v) is 4.78. The van der Waals surface area contributed by atoms with Crippen LogP contribution in [0.5, 0.6) is 0 Å². The third kappa shape index (κ3) is 4.27. The van der Waals surface area contributed by atoms with Crippen LogP contribution in [0.3, 0.4) is 0 Å². The number of hydrogen-bond donors (Lipinski definition) is 2. The summed E-state index contributed by atoms with van der Waals surface area (Å²) in [5.74, 6) is 0.595. The van der Waals surface area contributed by atoms with E-state index in [-0.39, 0.29) is 17.4 Å². The number of H-pyrrole nitrogens is 1. The number of nitrogens with zero attached hydrogens (tertiary/aromatic N) is 5. The van der Waals surface area contributed by atoms with Gasteiger partial charge in [-0.1, -0.05) is 6.92 Å². The second-order valence-electron chi connectivity index (χ2n) is 8.83. The molecule has 1 unspecified atom stereocenters. The molecule has 172 valence electrons. The lowest BCUT2D eigenvalue weighted by molar-refractivity contribution is -0.134. The van der Waals surface area contributed by atoms with Crippen molar-refractivity contribution in [3.05, 3.63) is 35.5 Å². The number of aryl methyl sites for hydroxylation is 1. The molecule has 9 heteroatoms. The summed E-state index contributed by atoms with van der Waals surface area (Å²) in [6.07, 6.45) is 4.72. The predicted molar refractivity (Wildman–Crippen MR) is 124 cm³/mol. The predicted octanol–water partition coefficient (Wildman–Crippen LogP) is 3.12. The lowest BCUT2D eigenvalue weighted by atomic mass is 9.96. The molecular weight excluding hydrogens is 420 g/mol. The van der Waals surface area contributed by atoms with Gasteiger partial charge in [-0.15, -0.1) is 0 Å². The molecule has 0 saturated carbocycles. The van der Waals surface area contributed by atoms with E-state index in [0.717, 1.165) is 56.7 Å². The molecule has 1 atom stereocenters. The molecule has 5 rings (SSSR count). The van der Waals surface area contributed by atoms with Gasteiger partial charge < -0.3 is 19.9 Å². The summed E-state index contributed by atoms with van der Waals surface area (Å²) in [6, 6.07) is 6.99. The van der Waals surface area contributed by atoms with Crippen molar-refractivity contribution in [1.29, 1.82) is 0 Å².